The maximum Gasteiger partial charge on any atom is 0.128 e. The molecule has 2 aromatic carbocycles. The molecule has 0 atom stereocenters. The summed E-state index contributed by atoms with van der Waals surface area (Å²) in [7, 11) is 0. The van der Waals surface area contributed by atoms with E-state index in [2.05, 4.69) is 4.98 Å². The van der Waals surface area contributed by atoms with Gasteiger partial charge in [-0.25, -0.2) is 9.37 Å². The predicted octanol–water partition coefficient (Wildman–Crippen LogP) is 3.36. The molecule has 0 aliphatic heterocycles. The number of aryl methyl sites for hydroxylation is 1. The minimum atomic E-state index is -0.214. The van der Waals surface area contributed by atoms with Crippen LogP contribution in [0.25, 0.3) is 16.7 Å². The van der Waals surface area contributed by atoms with Crippen LogP contribution in [0.5, 0.6) is 0 Å². The van der Waals surface area contributed by atoms with E-state index in [4.69, 9.17) is 5.73 Å². The second kappa shape index (κ2) is 4.09. The molecule has 3 nitrogen and oxygen atoms in total. The molecule has 0 unspecified atom stereocenters. The molecule has 0 saturated heterocycles. The zero-order valence-corrected chi connectivity index (χ0v) is 10.8. The first-order valence-corrected chi connectivity index (χ1v) is 6.08. The molecule has 0 saturated carbocycles. The molecule has 1 aromatic heterocycles. The predicted molar refractivity (Wildman–Crippen MR) is 74.9 cm³/mol. The third-order valence-corrected chi connectivity index (χ3v) is 3.33. The van der Waals surface area contributed by atoms with E-state index in [0.717, 1.165) is 22.5 Å². The Hall–Kier alpha value is -2.36. The van der Waals surface area contributed by atoms with Crippen molar-refractivity contribution in [1.82, 2.24) is 9.55 Å². The molecule has 3 aromatic rings. The van der Waals surface area contributed by atoms with E-state index in [0.29, 0.717) is 11.3 Å². The normalized spacial score (nSPS) is 11.1. The summed E-state index contributed by atoms with van der Waals surface area (Å²) < 4.78 is 15.7. The molecule has 0 fully saturated rings. The van der Waals surface area contributed by atoms with Crippen molar-refractivity contribution in [2.45, 2.75) is 13.8 Å². The minimum Gasteiger partial charge on any atom is -0.399 e. The van der Waals surface area contributed by atoms with E-state index in [9.17, 15) is 4.39 Å². The van der Waals surface area contributed by atoms with Gasteiger partial charge in [0, 0.05) is 11.3 Å². The van der Waals surface area contributed by atoms with Crippen LogP contribution in [-0.2, 0) is 0 Å². The van der Waals surface area contributed by atoms with Crippen molar-refractivity contribution < 1.29 is 4.39 Å². The number of halogens is 1. The number of fused-ring (bicyclic) bond motifs is 1. The molecular weight excluding hydrogens is 241 g/mol. The van der Waals surface area contributed by atoms with Crippen LogP contribution < -0.4 is 5.73 Å². The highest BCUT2D eigenvalue weighted by Crippen LogP contribution is 2.25. The maximum absolute atomic E-state index is 13.7. The molecule has 2 N–H and O–H groups in total. The molecule has 3 rings (SSSR count). The number of aromatic nitrogens is 2. The van der Waals surface area contributed by atoms with Crippen LogP contribution in [0.15, 0.2) is 36.4 Å². The Morgan fingerprint density at radius 1 is 1.16 bits per heavy atom. The monoisotopic (exact) mass is 255 g/mol. The fourth-order valence-electron chi connectivity index (χ4n) is 2.36. The van der Waals surface area contributed by atoms with Gasteiger partial charge in [-0.15, -0.1) is 0 Å². The second-order valence-corrected chi connectivity index (χ2v) is 4.63. The van der Waals surface area contributed by atoms with E-state index in [1.807, 2.05) is 35.8 Å². The quantitative estimate of drug-likeness (QED) is 0.677. The van der Waals surface area contributed by atoms with Crippen molar-refractivity contribution in [3.8, 4) is 5.69 Å². The summed E-state index contributed by atoms with van der Waals surface area (Å²) in [6.45, 7) is 3.67. The Morgan fingerprint density at radius 2 is 1.95 bits per heavy atom. The number of nitrogen functional groups attached to an aromatic ring is 1. The fourth-order valence-corrected chi connectivity index (χ4v) is 2.36. The van der Waals surface area contributed by atoms with Gasteiger partial charge in [0.15, 0.2) is 0 Å². The largest absolute Gasteiger partial charge is 0.399 e. The Kier molecular flexibility index (Phi) is 2.52. The second-order valence-electron chi connectivity index (χ2n) is 4.63. The van der Waals surface area contributed by atoms with Gasteiger partial charge in [-0.3, -0.25) is 4.57 Å². The average Bonchev–Trinajstić information content (AvgIpc) is 2.68. The van der Waals surface area contributed by atoms with Crippen LogP contribution >= 0.6 is 0 Å². The SMILES string of the molecule is Cc1c(F)cccc1-n1c(C)nc2cc(N)ccc21. The number of nitrogens with zero attached hydrogens (tertiary/aromatic N) is 2. The van der Waals surface area contributed by atoms with Gasteiger partial charge in [0.1, 0.15) is 11.6 Å². The fraction of sp³-hybridized carbons (Fsp3) is 0.133. The van der Waals surface area contributed by atoms with E-state index in [1.165, 1.54) is 6.07 Å². The number of hydrogen-bond donors (Lipinski definition) is 1. The number of hydrogen-bond acceptors (Lipinski definition) is 2. The smallest absolute Gasteiger partial charge is 0.128 e. The van der Waals surface area contributed by atoms with Crippen molar-refractivity contribution in [1.29, 1.82) is 0 Å². The van der Waals surface area contributed by atoms with E-state index >= 15 is 0 Å². The summed E-state index contributed by atoms with van der Waals surface area (Å²) in [6, 6.07) is 10.6. The van der Waals surface area contributed by atoms with Crippen LogP contribution in [0.1, 0.15) is 11.4 Å². The third kappa shape index (κ3) is 1.76. The molecule has 4 heteroatoms. The molecule has 96 valence electrons. The topological polar surface area (TPSA) is 43.8 Å². The van der Waals surface area contributed by atoms with Crippen LogP contribution in [0.4, 0.5) is 10.1 Å². The molecule has 0 spiro atoms. The van der Waals surface area contributed by atoms with Gasteiger partial charge in [0.05, 0.1) is 16.7 Å². The van der Waals surface area contributed by atoms with Gasteiger partial charge in [0.2, 0.25) is 0 Å². The van der Waals surface area contributed by atoms with Gasteiger partial charge >= 0.3 is 0 Å². The van der Waals surface area contributed by atoms with Gasteiger partial charge in [-0.05, 0) is 44.2 Å². The maximum atomic E-state index is 13.7. The van der Waals surface area contributed by atoms with Crippen molar-refractivity contribution >= 4 is 16.7 Å². The molecular formula is C15H14FN3. The number of imidazole rings is 1. The summed E-state index contributed by atoms with van der Waals surface area (Å²) >= 11 is 0. The van der Waals surface area contributed by atoms with Crippen LogP contribution in [0.3, 0.4) is 0 Å². The third-order valence-electron chi connectivity index (χ3n) is 3.33. The first-order chi connectivity index (χ1) is 9.08. The standard InChI is InChI=1S/C15H14FN3/c1-9-12(16)4-3-5-14(9)19-10(2)18-13-8-11(17)6-7-15(13)19/h3-8H,17H2,1-2H3. The van der Waals surface area contributed by atoms with Crippen molar-refractivity contribution in [2.75, 3.05) is 5.73 Å². The Balaban J connectivity index is 2.36. The summed E-state index contributed by atoms with van der Waals surface area (Å²) in [5, 5.41) is 0. The van der Waals surface area contributed by atoms with Crippen molar-refractivity contribution in [3.63, 3.8) is 0 Å². The lowest BCUT2D eigenvalue weighted by Gasteiger charge is -2.10. The molecule has 0 aliphatic carbocycles. The highest BCUT2D eigenvalue weighted by Gasteiger charge is 2.12. The zero-order chi connectivity index (χ0) is 13.6. The first-order valence-electron chi connectivity index (χ1n) is 6.08. The molecule has 1 heterocycles. The lowest BCUT2D eigenvalue weighted by Crippen LogP contribution is -2.01. The van der Waals surface area contributed by atoms with Gasteiger partial charge in [-0.1, -0.05) is 6.07 Å². The summed E-state index contributed by atoms with van der Waals surface area (Å²) in [5.41, 5.74) is 9.61. The highest BCUT2D eigenvalue weighted by atomic mass is 19.1. The van der Waals surface area contributed by atoms with Crippen LogP contribution in [0.2, 0.25) is 0 Å². The van der Waals surface area contributed by atoms with Gasteiger partial charge in [0.25, 0.3) is 0 Å². The zero-order valence-electron chi connectivity index (χ0n) is 10.8. The number of rotatable bonds is 1. The lowest BCUT2D eigenvalue weighted by molar-refractivity contribution is 0.617. The minimum absolute atomic E-state index is 0.214. The summed E-state index contributed by atoms with van der Waals surface area (Å²) in [4.78, 5) is 4.48. The van der Waals surface area contributed by atoms with E-state index in [1.54, 1.807) is 13.0 Å². The van der Waals surface area contributed by atoms with Crippen LogP contribution in [0, 0.1) is 19.7 Å². The van der Waals surface area contributed by atoms with Crippen molar-refractivity contribution in [2.24, 2.45) is 0 Å². The van der Waals surface area contributed by atoms with Gasteiger partial charge in [-0.2, -0.15) is 0 Å². The lowest BCUT2D eigenvalue weighted by atomic mass is 10.1. The Morgan fingerprint density at radius 3 is 2.74 bits per heavy atom. The number of benzene rings is 2. The van der Waals surface area contributed by atoms with Gasteiger partial charge < -0.3 is 5.73 Å². The van der Waals surface area contributed by atoms with Crippen LogP contribution in [-0.4, -0.2) is 9.55 Å². The first kappa shape index (κ1) is 11.7. The summed E-state index contributed by atoms with van der Waals surface area (Å²) in [6.07, 6.45) is 0. The number of anilines is 1. The molecule has 0 radical (unpaired) electrons. The number of nitrogens with two attached hydrogens (primary N) is 1. The summed E-state index contributed by atoms with van der Waals surface area (Å²) in [5.74, 6) is 0.600. The molecule has 19 heavy (non-hydrogen) atoms. The molecule has 0 aliphatic rings. The van der Waals surface area contributed by atoms with Crippen molar-refractivity contribution in [3.05, 3.63) is 53.6 Å². The molecule has 0 amide bonds. The Bertz CT molecular complexity index is 774. The van der Waals surface area contributed by atoms with E-state index in [-0.39, 0.29) is 5.82 Å². The van der Waals surface area contributed by atoms with E-state index < -0.39 is 0 Å². The molecule has 0 bridgehead atoms. The highest BCUT2D eigenvalue weighted by molar-refractivity contribution is 5.81. The average molecular weight is 255 g/mol. The Labute approximate surface area is 110 Å².